The van der Waals surface area contributed by atoms with Crippen molar-refractivity contribution in [3.63, 3.8) is 0 Å². The molecule has 0 spiro atoms. The van der Waals surface area contributed by atoms with E-state index in [1.165, 1.54) is 27.8 Å². The molecule has 2 aromatic carbocycles. The summed E-state index contributed by atoms with van der Waals surface area (Å²) in [6.45, 7) is 3.82. The number of nitrogens with zero attached hydrogens (tertiary/aromatic N) is 1. The minimum Gasteiger partial charge on any atom is -0.493 e. The van der Waals surface area contributed by atoms with E-state index < -0.39 is 5.97 Å². The Morgan fingerprint density at radius 1 is 0.906 bits per heavy atom. The summed E-state index contributed by atoms with van der Waals surface area (Å²) in [6, 6.07) is 8.44. The number of hydrogen-bond donors (Lipinski definition) is 1. The first kappa shape index (κ1) is 23.2. The van der Waals surface area contributed by atoms with Crippen molar-refractivity contribution in [1.29, 1.82) is 0 Å². The number of nitrogens with one attached hydrogen (secondary N) is 1. The van der Waals surface area contributed by atoms with Crippen LogP contribution in [0.15, 0.2) is 30.3 Å². The van der Waals surface area contributed by atoms with Crippen molar-refractivity contribution in [1.82, 2.24) is 0 Å². The molecule has 8 heteroatoms. The number of piperidine rings is 1. The van der Waals surface area contributed by atoms with Crippen LogP contribution >= 0.6 is 0 Å². The number of rotatable bonds is 8. The van der Waals surface area contributed by atoms with Gasteiger partial charge >= 0.3 is 5.97 Å². The monoisotopic (exact) mass is 442 g/mol. The van der Waals surface area contributed by atoms with E-state index in [2.05, 4.69) is 10.2 Å². The van der Waals surface area contributed by atoms with E-state index in [0.29, 0.717) is 34.1 Å². The van der Waals surface area contributed by atoms with Crippen molar-refractivity contribution in [2.75, 3.05) is 51.2 Å². The van der Waals surface area contributed by atoms with E-state index in [1.807, 2.05) is 6.07 Å². The standard InChI is InChI=1S/C24H30N2O6/c1-5-32-24(28)16-9-10-19(26-11-7-6-8-12-26)18(13-16)25-23(27)17-14-20(29-2)22(31-4)21(15-17)30-3/h9-10,13-15H,5-8,11-12H2,1-4H3,(H,25,27). The summed E-state index contributed by atoms with van der Waals surface area (Å²) in [7, 11) is 4.50. The highest BCUT2D eigenvalue weighted by atomic mass is 16.5. The second-order valence-corrected chi connectivity index (χ2v) is 7.37. The van der Waals surface area contributed by atoms with Crippen LogP contribution in [0.5, 0.6) is 17.2 Å². The van der Waals surface area contributed by atoms with Gasteiger partial charge in [-0.05, 0) is 56.5 Å². The van der Waals surface area contributed by atoms with Gasteiger partial charge in [0.1, 0.15) is 0 Å². The fourth-order valence-electron chi connectivity index (χ4n) is 3.79. The van der Waals surface area contributed by atoms with Gasteiger partial charge in [0.05, 0.1) is 44.9 Å². The summed E-state index contributed by atoms with van der Waals surface area (Å²) < 4.78 is 21.2. The third-order valence-electron chi connectivity index (χ3n) is 5.38. The number of benzene rings is 2. The van der Waals surface area contributed by atoms with E-state index in [0.717, 1.165) is 31.6 Å². The molecule has 0 aromatic heterocycles. The molecule has 172 valence electrons. The highest BCUT2D eigenvalue weighted by Gasteiger charge is 2.21. The van der Waals surface area contributed by atoms with Crippen molar-refractivity contribution in [3.05, 3.63) is 41.5 Å². The Labute approximate surface area is 188 Å². The zero-order valence-corrected chi connectivity index (χ0v) is 19.0. The van der Waals surface area contributed by atoms with Crippen LogP contribution in [-0.2, 0) is 4.74 Å². The largest absolute Gasteiger partial charge is 0.493 e. The van der Waals surface area contributed by atoms with Gasteiger partial charge in [0.15, 0.2) is 11.5 Å². The van der Waals surface area contributed by atoms with Crippen LogP contribution in [0.3, 0.4) is 0 Å². The van der Waals surface area contributed by atoms with Gasteiger partial charge in [-0.15, -0.1) is 0 Å². The van der Waals surface area contributed by atoms with Crippen molar-refractivity contribution in [3.8, 4) is 17.2 Å². The van der Waals surface area contributed by atoms with Gasteiger partial charge < -0.3 is 29.2 Å². The lowest BCUT2D eigenvalue weighted by Gasteiger charge is -2.30. The van der Waals surface area contributed by atoms with Crippen molar-refractivity contribution < 1.29 is 28.5 Å². The zero-order chi connectivity index (χ0) is 23.1. The van der Waals surface area contributed by atoms with Gasteiger partial charge in [-0.2, -0.15) is 0 Å². The molecular weight excluding hydrogens is 412 g/mol. The Kier molecular flexibility index (Phi) is 7.81. The van der Waals surface area contributed by atoms with Gasteiger partial charge in [0, 0.05) is 18.7 Å². The molecule has 1 saturated heterocycles. The van der Waals surface area contributed by atoms with E-state index in [9.17, 15) is 9.59 Å². The fourth-order valence-corrected chi connectivity index (χ4v) is 3.79. The van der Waals surface area contributed by atoms with Gasteiger partial charge in [-0.25, -0.2) is 4.79 Å². The molecule has 1 aliphatic rings. The summed E-state index contributed by atoms with van der Waals surface area (Å²) in [6.07, 6.45) is 3.35. The topological polar surface area (TPSA) is 86.3 Å². The molecule has 32 heavy (non-hydrogen) atoms. The molecule has 0 radical (unpaired) electrons. The molecule has 3 rings (SSSR count). The highest BCUT2D eigenvalue weighted by molar-refractivity contribution is 6.07. The maximum Gasteiger partial charge on any atom is 0.338 e. The number of hydrogen-bond acceptors (Lipinski definition) is 7. The van der Waals surface area contributed by atoms with Crippen molar-refractivity contribution in [2.24, 2.45) is 0 Å². The number of carbonyl (C=O) groups is 2. The highest BCUT2D eigenvalue weighted by Crippen LogP contribution is 2.38. The Bertz CT molecular complexity index is 944. The minimum atomic E-state index is -0.430. The maximum atomic E-state index is 13.2. The first-order valence-electron chi connectivity index (χ1n) is 10.7. The van der Waals surface area contributed by atoms with Crippen LogP contribution in [-0.4, -0.2) is 52.9 Å². The number of amides is 1. The molecular formula is C24H30N2O6. The molecule has 2 aromatic rings. The number of methoxy groups -OCH3 is 3. The smallest absolute Gasteiger partial charge is 0.338 e. The van der Waals surface area contributed by atoms with Crippen LogP contribution in [0, 0.1) is 0 Å². The van der Waals surface area contributed by atoms with Crippen LogP contribution < -0.4 is 24.4 Å². The molecule has 0 unspecified atom stereocenters. The van der Waals surface area contributed by atoms with Gasteiger partial charge in [0.2, 0.25) is 5.75 Å². The Hall–Kier alpha value is -3.42. The Balaban J connectivity index is 1.97. The SMILES string of the molecule is CCOC(=O)c1ccc(N2CCCCC2)c(NC(=O)c2cc(OC)c(OC)c(OC)c2)c1. The lowest BCUT2D eigenvalue weighted by atomic mass is 10.1. The first-order valence-corrected chi connectivity index (χ1v) is 10.7. The van der Waals surface area contributed by atoms with Gasteiger partial charge in [0.25, 0.3) is 5.91 Å². The van der Waals surface area contributed by atoms with E-state index >= 15 is 0 Å². The van der Waals surface area contributed by atoms with Crippen LogP contribution in [0.1, 0.15) is 46.9 Å². The third-order valence-corrected chi connectivity index (χ3v) is 5.38. The average molecular weight is 443 g/mol. The first-order chi connectivity index (χ1) is 15.5. The third kappa shape index (κ3) is 5.07. The molecule has 0 bridgehead atoms. The molecule has 0 atom stereocenters. The van der Waals surface area contributed by atoms with Crippen molar-refractivity contribution in [2.45, 2.75) is 26.2 Å². The average Bonchev–Trinajstić information content (AvgIpc) is 2.83. The van der Waals surface area contributed by atoms with Gasteiger partial charge in [-0.1, -0.05) is 0 Å². The molecule has 1 amide bonds. The summed E-state index contributed by atoms with van der Waals surface area (Å²) in [5, 5.41) is 2.96. The number of esters is 1. The van der Waals surface area contributed by atoms with E-state index in [-0.39, 0.29) is 12.5 Å². The predicted molar refractivity (Wildman–Crippen MR) is 123 cm³/mol. The van der Waals surface area contributed by atoms with E-state index in [4.69, 9.17) is 18.9 Å². The van der Waals surface area contributed by atoms with E-state index in [1.54, 1.807) is 31.2 Å². The van der Waals surface area contributed by atoms with Crippen molar-refractivity contribution >= 4 is 23.3 Å². The summed E-state index contributed by atoms with van der Waals surface area (Å²) in [5.74, 6) is 0.386. The second-order valence-electron chi connectivity index (χ2n) is 7.37. The summed E-state index contributed by atoms with van der Waals surface area (Å²) in [4.78, 5) is 27.7. The lowest BCUT2D eigenvalue weighted by Crippen LogP contribution is -2.30. The summed E-state index contributed by atoms with van der Waals surface area (Å²) in [5.41, 5.74) is 2.15. The van der Waals surface area contributed by atoms with Gasteiger partial charge in [-0.3, -0.25) is 4.79 Å². The van der Waals surface area contributed by atoms with Crippen LogP contribution in [0.25, 0.3) is 0 Å². The molecule has 0 aliphatic carbocycles. The lowest BCUT2D eigenvalue weighted by molar-refractivity contribution is 0.0526. The molecule has 1 heterocycles. The normalized spacial score (nSPS) is 13.3. The minimum absolute atomic E-state index is 0.278. The predicted octanol–water partition coefficient (Wildman–Crippen LogP) is 4.13. The second kappa shape index (κ2) is 10.7. The summed E-state index contributed by atoms with van der Waals surface area (Å²) >= 11 is 0. The fraction of sp³-hybridized carbons (Fsp3) is 0.417. The Morgan fingerprint density at radius 2 is 1.56 bits per heavy atom. The molecule has 1 fully saturated rings. The Morgan fingerprint density at radius 3 is 2.12 bits per heavy atom. The number of carbonyl (C=O) groups excluding carboxylic acids is 2. The number of anilines is 2. The quantitative estimate of drug-likeness (QED) is 0.615. The number of ether oxygens (including phenoxy) is 4. The molecule has 8 nitrogen and oxygen atoms in total. The zero-order valence-electron chi connectivity index (χ0n) is 19.0. The molecule has 1 aliphatic heterocycles. The molecule has 1 N–H and O–H groups in total. The van der Waals surface area contributed by atoms with Crippen LogP contribution in [0.2, 0.25) is 0 Å². The van der Waals surface area contributed by atoms with Crippen LogP contribution in [0.4, 0.5) is 11.4 Å². The maximum absolute atomic E-state index is 13.2. The molecule has 0 saturated carbocycles.